The van der Waals surface area contributed by atoms with Crippen LogP contribution in [0.3, 0.4) is 0 Å². The second-order valence-corrected chi connectivity index (χ2v) is 135. The molecule has 0 aliphatic rings. The van der Waals surface area contributed by atoms with Crippen molar-refractivity contribution in [2.45, 2.75) is 456 Å². The smallest absolute Gasteiger partial charge is 0.333 e. The Bertz CT molecular complexity index is 3180. The molecule has 0 N–H and O–H groups in total. The molecule has 0 spiro atoms. The summed E-state index contributed by atoms with van der Waals surface area (Å²) in [5.41, 5.74) is 0.905. The fraction of sp³-hybridized carbons (Fsp3) is 0.923. The van der Waals surface area contributed by atoms with Gasteiger partial charge < -0.3 is 104 Å². The quantitative estimate of drug-likeness (QED) is 0.0237. The van der Waals surface area contributed by atoms with Crippen molar-refractivity contribution in [2.75, 3.05) is 13.2 Å². The van der Waals surface area contributed by atoms with Crippen molar-refractivity contribution in [1.82, 2.24) is 0 Å². The highest BCUT2D eigenvalue weighted by Gasteiger charge is 2.57. The lowest BCUT2D eigenvalue weighted by atomic mass is 10.1. The van der Waals surface area contributed by atoms with Crippen molar-refractivity contribution >= 4 is 217 Å². The molecule has 0 fully saturated rings. The van der Waals surface area contributed by atoms with Gasteiger partial charge in [0.15, 0.2) is 16.6 Å². The monoisotopic (exact) mass is 2240 g/mol. The summed E-state index contributed by atoms with van der Waals surface area (Å²) in [5, 5.41) is 0. The molecule has 0 radical (unpaired) electrons. The molecule has 0 aromatic heterocycles. The van der Waals surface area contributed by atoms with E-state index in [2.05, 4.69) is 327 Å². The number of carbonyl (C=O) groups is 2. The zero-order valence-corrected chi connectivity index (χ0v) is 116. The Hall–Kier alpha value is 2.71. The van der Waals surface area contributed by atoms with Gasteiger partial charge in [-0.2, -0.15) is 0 Å². The van der Waals surface area contributed by atoms with Crippen LogP contribution in [0.15, 0.2) is 24.3 Å². The first-order chi connectivity index (χ1) is 56.9. The normalized spacial score (nSPS) is 15.0. The summed E-state index contributed by atoms with van der Waals surface area (Å²) < 4.78 is 172. The molecule has 0 aromatic carbocycles. The lowest BCUT2D eigenvalue weighted by Gasteiger charge is -2.45. The van der Waals surface area contributed by atoms with E-state index in [9.17, 15) is 9.59 Å². The summed E-state index contributed by atoms with van der Waals surface area (Å²) in [4.78, 5) is 23.2. The lowest BCUT2D eigenvalue weighted by Crippen LogP contribution is -2.63. The molecule has 27 nitrogen and oxygen atoms in total. The maximum Gasteiger partial charge on any atom is 0.333 e. The summed E-state index contributed by atoms with van der Waals surface area (Å²) >= 11 is 0. The van der Waals surface area contributed by atoms with Gasteiger partial charge in [-0.1, -0.05) is 116 Å². The van der Waals surface area contributed by atoms with Crippen molar-refractivity contribution in [2.24, 2.45) is 0 Å². The first-order valence-corrected chi connectivity index (χ1v) is 116. The molecule has 0 saturated carbocycles. The second-order valence-electron chi connectivity index (χ2n) is 46.4. The Labute approximate surface area is 816 Å². The molecular formula is C78H198O27Si24. The molecule has 768 valence electrons. The van der Waals surface area contributed by atoms with Gasteiger partial charge in [-0.15, -0.1) is 0 Å². The van der Waals surface area contributed by atoms with E-state index in [4.69, 9.17) is 104 Å². The Morgan fingerprint density at radius 1 is 0.155 bits per heavy atom. The highest BCUT2D eigenvalue weighted by molar-refractivity contribution is 6.97. The fourth-order valence-electron chi connectivity index (χ4n) is 18.7. The number of carbonyl (C=O) groups excluding carboxylic acids is 2. The van der Waals surface area contributed by atoms with Crippen molar-refractivity contribution in [3.8, 4) is 0 Å². The molecule has 0 unspecified atom stereocenters. The molecule has 0 rings (SSSR count). The molecular weight excluding hydrogens is 2040 g/mol. The molecule has 0 bridgehead atoms. The van der Waals surface area contributed by atoms with E-state index < -0.39 is 205 Å². The first-order valence-electron chi connectivity index (χ1n) is 47.7. The van der Waals surface area contributed by atoms with E-state index in [1.54, 1.807) is 13.8 Å². The number of esters is 2. The van der Waals surface area contributed by atoms with E-state index in [1.807, 2.05) is 0 Å². The number of unbranched alkanes of at least 4 members (excludes halogenated alkanes) is 16. The largest absolute Gasteiger partial charge is 0.462 e. The topological polar surface area (TPSA) is 265 Å². The van der Waals surface area contributed by atoms with Crippen molar-refractivity contribution < 1.29 is 114 Å². The zero-order valence-electron chi connectivity index (χ0n) is 92.0. The third kappa shape index (κ3) is 66.3. The molecule has 0 heterocycles. The van der Waals surface area contributed by atoms with Crippen LogP contribution < -0.4 is 0 Å². The van der Waals surface area contributed by atoms with Crippen LogP contribution in [0.1, 0.15) is 129 Å². The van der Waals surface area contributed by atoms with Gasteiger partial charge in [0, 0.05) is 11.1 Å². The molecule has 0 aliphatic heterocycles. The number of rotatable bonds is 72. The molecule has 51 heteroatoms. The number of ether oxygens (including phenoxy) is 2. The summed E-state index contributed by atoms with van der Waals surface area (Å²) in [6.07, 6.45) is 20.9. The van der Waals surface area contributed by atoms with E-state index in [0.29, 0.717) is 24.4 Å². The van der Waals surface area contributed by atoms with Gasteiger partial charge in [-0.05, 0) is 353 Å². The van der Waals surface area contributed by atoms with E-state index in [0.717, 1.165) is 50.6 Å². The van der Waals surface area contributed by atoms with Gasteiger partial charge in [0.25, 0.3) is 0 Å². The van der Waals surface area contributed by atoms with E-state index in [-0.39, 0.29) is 11.9 Å². The summed E-state index contributed by atoms with van der Waals surface area (Å²) in [5.74, 6) is -0.594. The van der Waals surface area contributed by atoms with Crippen LogP contribution in [0.25, 0.3) is 0 Å². The zero-order chi connectivity index (χ0) is 102. The van der Waals surface area contributed by atoms with Gasteiger partial charge in [-0.3, -0.25) is 0 Å². The predicted molar refractivity (Wildman–Crippen MR) is 589 cm³/mol. The molecule has 0 aromatic rings. The molecule has 129 heavy (non-hydrogen) atoms. The Balaban J connectivity index is 5.66. The van der Waals surface area contributed by atoms with Gasteiger partial charge in [0.2, 0.25) is 0 Å². The fourth-order valence-corrected chi connectivity index (χ4v) is 144. The van der Waals surface area contributed by atoms with Crippen LogP contribution in [0, 0.1) is 0 Å². The van der Waals surface area contributed by atoms with Crippen molar-refractivity contribution in [3.05, 3.63) is 24.3 Å². The average Bonchev–Trinajstić information content (AvgIpc) is 0.805. The Morgan fingerprint density at radius 2 is 0.248 bits per heavy atom. The van der Waals surface area contributed by atoms with Gasteiger partial charge in [0.05, 0.1) is 13.2 Å². The van der Waals surface area contributed by atoms with Crippen molar-refractivity contribution in [1.29, 1.82) is 0 Å². The third-order valence-electron chi connectivity index (χ3n) is 18.4. The lowest BCUT2D eigenvalue weighted by molar-refractivity contribution is -0.139. The maximum absolute atomic E-state index is 11.6. The highest BCUT2D eigenvalue weighted by Crippen LogP contribution is 2.38. The SMILES string of the molecule is C=C(C)C(=O)OCCCCCCCCCCC[Si](C)(C)O[Si](C)(C)O[Si](C)(C)O[Si](C)(C)O[Si](C)(C)O[Si](C)(C)O[Si](C)(C)O[Si](C)(C)O[Si](C)(C)O[Si](C)(C)O[Si](C)(C)O[Si](C)(C)O[Si](C)(C)O[Si](C)(C)O[Si](C)(C)O[Si](C)(C)O[Si](C)(C)O[Si](C)(C)O[Si](C)(C)O[Si](C)(C)O[Si](C)(C)O[Si](C)(C)O[Si](C)(C)O[Si](C)(C)CCCCCCCCCCCOC(=O)C(=C)C. The Kier molecular flexibility index (Phi) is 53.1. The third-order valence-corrected chi connectivity index (χ3v) is 112. The minimum Gasteiger partial charge on any atom is -0.462 e. The van der Waals surface area contributed by atoms with Crippen LogP contribution in [0.2, 0.25) is 326 Å². The average molecular weight is 2240 g/mol. The van der Waals surface area contributed by atoms with E-state index in [1.165, 1.54) is 77.0 Å². The van der Waals surface area contributed by atoms with Crippen molar-refractivity contribution in [3.63, 3.8) is 0 Å². The molecule has 0 atom stereocenters. The standard InChI is InChI=1S/C78H198O27Si24/c1-75(2)77(79)81-71-67-63-59-55-53-57-61-65-69-73-106(5,6)83-108(9,10)85-110(13,14)87-112(17,18)89-114(21,22)91-116(25,26)93-118(29,30)95-120(33,34)97-122(37,38)99-124(41,42)101-126(45,46)103-128(49,50)105-129(51,52)104-127(47,48)102-125(43,44)100-123(39,40)98-121(35,36)96-119(31,32)94-117(27,28)92-115(23,24)90-113(19,20)88-111(15,16)86-109(11,12)84-107(7,8)74-70-66-62-58-54-56-60-64-68-72-82-78(80)76(3)4/h1,3,53-74H2,2,4-52H3. The summed E-state index contributed by atoms with van der Waals surface area (Å²) in [7, 11) is -66.7. The number of hydrogen-bond acceptors (Lipinski definition) is 27. The van der Waals surface area contributed by atoms with Gasteiger partial charge in [-0.25, -0.2) is 9.59 Å². The highest BCUT2D eigenvalue weighted by atomic mass is 28.6. The molecule has 0 saturated heterocycles. The van der Waals surface area contributed by atoms with Crippen LogP contribution >= 0.6 is 0 Å². The summed E-state index contributed by atoms with van der Waals surface area (Å²) in [6.45, 7) is 112. The van der Waals surface area contributed by atoms with Crippen LogP contribution in [-0.4, -0.2) is 230 Å². The minimum atomic E-state index is -2.93. The maximum atomic E-state index is 11.6. The van der Waals surface area contributed by atoms with E-state index >= 15 is 0 Å². The van der Waals surface area contributed by atoms with Gasteiger partial charge in [0.1, 0.15) is 0 Å². The minimum absolute atomic E-state index is 0.297. The summed E-state index contributed by atoms with van der Waals surface area (Å²) in [6, 6.07) is 2.20. The first kappa shape index (κ1) is 132. The Morgan fingerprint density at radius 3 is 0.357 bits per heavy atom. The number of hydrogen-bond donors (Lipinski definition) is 0. The predicted octanol–water partition coefficient (Wildman–Crippen LogP) is 26.5. The van der Waals surface area contributed by atoms with Crippen LogP contribution in [0.4, 0.5) is 0 Å². The van der Waals surface area contributed by atoms with Crippen LogP contribution in [0.5, 0.6) is 0 Å². The molecule has 0 amide bonds. The van der Waals surface area contributed by atoms with Gasteiger partial charge >= 0.3 is 200 Å². The molecule has 0 aliphatic carbocycles. The van der Waals surface area contributed by atoms with Crippen LogP contribution in [-0.2, 0) is 114 Å². The second kappa shape index (κ2) is 52.0.